The number of rotatable bonds is 2. The zero-order valence-corrected chi connectivity index (χ0v) is 9.96. The van der Waals surface area contributed by atoms with E-state index >= 15 is 0 Å². The van der Waals surface area contributed by atoms with Gasteiger partial charge in [0, 0.05) is 17.5 Å². The van der Waals surface area contributed by atoms with Crippen molar-refractivity contribution in [1.82, 2.24) is 0 Å². The van der Waals surface area contributed by atoms with Gasteiger partial charge >= 0.3 is 0 Å². The van der Waals surface area contributed by atoms with Gasteiger partial charge in [-0.05, 0) is 48.4 Å². The third-order valence-electron chi connectivity index (χ3n) is 3.78. The first-order valence-corrected chi connectivity index (χ1v) is 6.31. The van der Waals surface area contributed by atoms with Crippen LogP contribution in [0.3, 0.4) is 0 Å². The minimum Gasteiger partial charge on any atom is -0.493 e. The lowest BCUT2D eigenvalue weighted by atomic mass is 9.76. The second kappa shape index (κ2) is 3.94. The van der Waals surface area contributed by atoms with Crippen LogP contribution in [0.1, 0.15) is 24.0 Å². The van der Waals surface area contributed by atoms with Gasteiger partial charge in [-0.15, -0.1) is 0 Å². The molecule has 0 spiro atoms. The lowest BCUT2D eigenvalue weighted by Gasteiger charge is -2.34. The molecule has 1 aliphatic carbocycles. The van der Waals surface area contributed by atoms with Crippen molar-refractivity contribution in [3.8, 4) is 5.75 Å². The van der Waals surface area contributed by atoms with Gasteiger partial charge in [-0.25, -0.2) is 0 Å². The standard InChI is InChI=1S/C13H16ClNO/c14-11-6-9-3-4-16-13(9)10(7-11)5-8-1-2-12(8)15/h6-8,12H,1-5,15H2. The molecule has 0 amide bonds. The summed E-state index contributed by atoms with van der Waals surface area (Å²) in [7, 11) is 0. The Hall–Kier alpha value is -0.730. The molecule has 2 N–H and O–H groups in total. The van der Waals surface area contributed by atoms with E-state index in [1.807, 2.05) is 12.1 Å². The van der Waals surface area contributed by atoms with Crippen LogP contribution in [0.15, 0.2) is 12.1 Å². The molecule has 1 aromatic rings. The zero-order valence-electron chi connectivity index (χ0n) is 9.21. The third kappa shape index (κ3) is 1.70. The van der Waals surface area contributed by atoms with Crippen molar-refractivity contribution in [3.05, 3.63) is 28.3 Å². The maximum atomic E-state index is 6.12. The fourth-order valence-electron chi connectivity index (χ4n) is 2.63. The number of ether oxygens (including phenoxy) is 1. The van der Waals surface area contributed by atoms with Crippen molar-refractivity contribution in [2.45, 2.75) is 31.7 Å². The number of nitrogens with two attached hydrogens (primary N) is 1. The molecule has 0 radical (unpaired) electrons. The minimum atomic E-state index is 0.371. The van der Waals surface area contributed by atoms with E-state index in [0.29, 0.717) is 12.0 Å². The molecule has 0 saturated heterocycles. The summed E-state index contributed by atoms with van der Waals surface area (Å²) >= 11 is 6.12. The monoisotopic (exact) mass is 237 g/mol. The Bertz CT molecular complexity index is 419. The van der Waals surface area contributed by atoms with Crippen molar-refractivity contribution < 1.29 is 4.74 Å². The normalized spacial score (nSPS) is 27.1. The Morgan fingerprint density at radius 3 is 2.94 bits per heavy atom. The van der Waals surface area contributed by atoms with Gasteiger partial charge < -0.3 is 10.5 Å². The van der Waals surface area contributed by atoms with E-state index in [4.69, 9.17) is 22.1 Å². The average molecular weight is 238 g/mol. The highest BCUT2D eigenvalue weighted by Crippen LogP contribution is 2.37. The van der Waals surface area contributed by atoms with E-state index in [1.54, 1.807) is 0 Å². The Labute approximate surface area is 101 Å². The molecule has 3 rings (SSSR count). The molecule has 2 atom stereocenters. The first-order valence-electron chi connectivity index (χ1n) is 5.94. The highest BCUT2D eigenvalue weighted by atomic mass is 35.5. The number of hydrogen-bond donors (Lipinski definition) is 1. The predicted molar refractivity (Wildman–Crippen MR) is 65.1 cm³/mol. The van der Waals surface area contributed by atoms with Gasteiger partial charge in [-0.3, -0.25) is 0 Å². The molecule has 0 bridgehead atoms. The third-order valence-corrected chi connectivity index (χ3v) is 4.00. The van der Waals surface area contributed by atoms with Gasteiger partial charge in [0.25, 0.3) is 0 Å². The molecule has 1 heterocycles. The van der Waals surface area contributed by atoms with Crippen molar-refractivity contribution in [1.29, 1.82) is 0 Å². The van der Waals surface area contributed by atoms with Crippen LogP contribution in [0, 0.1) is 5.92 Å². The molecule has 16 heavy (non-hydrogen) atoms. The van der Waals surface area contributed by atoms with Crippen molar-refractivity contribution in [3.63, 3.8) is 0 Å². The summed E-state index contributed by atoms with van der Waals surface area (Å²) < 4.78 is 5.69. The number of fused-ring (bicyclic) bond motifs is 1. The lowest BCUT2D eigenvalue weighted by molar-refractivity contribution is 0.252. The molecular formula is C13H16ClNO. The van der Waals surface area contributed by atoms with Crippen molar-refractivity contribution >= 4 is 11.6 Å². The molecule has 86 valence electrons. The molecule has 2 nitrogen and oxygen atoms in total. The van der Waals surface area contributed by atoms with Crippen LogP contribution in [0.2, 0.25) is 5.02 Å². The average Bonchev–Trinajstić information content (AvgIpc) is 2.71. The van der Waals surface area contributed by atoms with Gasteiger partial charge in [0.05, 0.1) is 6.61 Å². The lowest BCUT2D eigenvalue weighted by Crippen LogP contribution is -2.40. The SMILES string of the molecule is NC1CCC1Cc1cc(Cl)cc2c1OCC2. The van der Waals surface area contributed by atoms with Crippen molar-refractivity contribution in [2.75, 3.05) is 6.61 Å². The van der Waals surface area contributed by atoms with E-state index in [2.05, 4.69) is 0 Å². The van der Waals surface area contributed by atoms with E-state index in [0.717, 1.165) is 36.6 Å². The number of hydrogen-bond acceptors (Lipinski definition) is 2. The predicted octanol–water partition coefficient (Wildman–Crippen LogP) is 2.55. The summed E-state index contributed by atoms with van der Waals surface area (Å²) in [6.07, 6.45) is 4.40. The Kier molecular flexibility index (Phi) is 2.56. The summed E-state index contributed by atoms with van der Waals surface area (Å²) in [6, 6.07) is 4.43. The first-order chi connectivity index (χ1) is 7.74. The number of halogens is 1. The van der Waals surface area contributed by atoms with Crippen LogP contribution >= 0.6 is 11.6 Å². The van der Waals surface area contributed by atoms with Gasteiger partial charge in [-0.1, -0.05) is 11.6 Å². The Balaban J connectivity index is 1.88. The Morgan fingerprint density at radius 2 is 2.25 bits per heavy atom. The molecule has 1 aliphatic heterocycles. The largest absolute Gasteiger partial charge is 0.493 e. The second-order valence-corrected chi connectivity index (χ2v) is 5.29. The van der Waals surface area contributed by atoms with Gasteiger partial charge in [0.2, 0.25) is 0 Å². The summed E-state index contributed by atoms with van der Waals surface area (Å²) in [5.41, 5.74) is 8.49. The van der Waals surface area contributed by atoms with E-state index < -0.39 is 0 Å². The molecule has 1 saturated carbocycles. The maximum absolute atomic E-state index is 6.12. The topological polar surface area (TPSA) is 35.2 Å². The van der Waals surface area contributed by atoms with Gasteiger partial charge in [0.1, 0.15) is 5.75 Å². The minimum absolute atomic E-state index is 0.371. The number of benzene rings is 1. The van der Waals surface area contributed by atoms with Crippen LogP contribution in [0.5, 0.6) is 5.75 Å². The fraction of sp³-hybridized carbons (Fsp3) is 0.538. The molecule has 2 aliphatic rings. The van der Waals surface area contributed by atoms with E-state index in [1.165, 1.54) is 17.5 Å². The second-order valence-electron chi connectivity index (χ2n) is 4.86. The van der Waals surface area contributed by atoms with E-state index in [-0.39, 0.29) is 0 Å². The summed E-state index contributed by atoms with van der Waals surface area (Å²) in [6.45, 7) is 0.791. The van der Waals surface area contributed by atoms with Crippen LogP contribution in [0.25, 0.3) is 0 Å². The summed E-state index contributed by atoms with van der Waals surface area (Å²) in [5, 5.41) is 0.826. The highest BCUT2D eigenvalue weighted by Gasteiger charge is 2.29. The van der Waals surface area contributed by atoms with Crippen LogP contribution in [-0.2, 0) is 12.8 Å². The van der Waals surface area contributed by atoms with Gasteiger partial charge in [-0.2, -0.15) is 0 Å². The smallest absolute Gasteiger partial charge is 0.125 e. The fourth-order valence-corrected chi connectivity index (χ4v) is 2.89. The van der Waals surface area contributed by atoms with Crippen molar-refractivity contribution in [2.24, 2.45) is 11.7 Å². The maximum Gasteiger partial charge on any atom is 0.125 e. The molecular weight excluding hydrogens is 222 g/mol. The molecule has 1 fully saturated rings. The zero-order chi connectivity index (χ0) is 11.1. The quantitative estimate of drug-likeness (QED) is 0.858. The first kappa shape index (κ1) is 10.4. The van der Waals surface area contributed by atoms with Crippen LogP contribution in [-0.4, -0.2) is 12.6 Å². The van der Waals surface area contributed by atoms with E-state index in [9.17, 15) is 0 Å². The summed E-state index contributed by atoms with van der Waals surface area (Å²) in [4.78, 5) is 0. The summed E-state index contributed by atoms with van der Waals surface area (Å²) in [5.74, 6) is 1.69. The highest BCUT2D eigenvalue weighted by molar-refractivity contribution is 6.30. The molecule has 3 heteroatoms. The van der Waals surface area contributed by atoms with Crippen LogP contribution < -0.4 is 10.5 Å². The van der Waals surface area contributed by atoms with Crippen LogP contribution in [0.4, 0.5) is 0 Å². The molecule has 1 aromatic carbocycles. The Morgan fingerprint density at radius 1 is 1.38 bits per heavy atom. The molecule has 0 aromatic heterocycles. The molecule has 2 unspecified atom stereocenters. The van der Waals surface area contributed by atoms with Gasteiger partial charge in [0.15, 0.2) is 0 Å².